The molecule has 0 spiro atoms. The van der Waals surface area contributed by atoms with Gasteiger partial charge in [-0.3, -0.25) is 4.98 Å². The van der Waals surface area contributed by atoms with Crippen LogP contribution in [0, 0.1) is 5.41 Å². The number of methoxy groups -OCH3 is 2. The molecule has 1 aliphatic rings. The summed E-state index contributed by atoms with van der Waals surface area (Å²) in [4.78, 5) is 4.08. The number of rotatable bonds is 4. The highest BCUT2D eigenvalue weighted by Gasteiger charge is 2.64. The zero-order valence-electron chi connectivity index (χ0n) is 10.8. The van der Waals surface area contributed by atoms with Gasteiger partial charge in [-0.2, -0.15) is 0 Å². The number of hydrogen-bond donors (Lipinski definition) is 1. The van der Waals surface area contributed by atoms with E-state index in [0.717, 1.165) is 12.0 Å². The molecule has 0 aromatic carbocycles. The second-order valence-electron chi connectivity index (χ2n) is 5.22. The van der Waals surface area contributed by atoms with E-state index in [1.807, 2.05) is 0 Å². The van der Waals surface area contributed by atoms with E-state index in [9.17, 15) is 5.11 Å². The SMILES string of the molecule is COc1cncc(OC)c1C1(CO)CC1(C)C. The third-order valence-electron chi connectivity index (χ3n) is 3.98. The van der Waals surface area contributed by atoms with Crippen LogP contribution in [0.25, 0.3) is 0 Å². The quantitative estimate of drug-likeness (QED) is 0.867. The fraction of sp³-hybridized carbons (Fsp3) is 0.615. The molecule has 0 saturated heterocycles. The molecular formula is C13H19NO3. The highest BCUT2D eigenvalue weighted by molar-refractivity contribution is 5.53. The third-order valence-corrected chi connectivity index (χ3v) is 3.98. The van der Waals surface area contributed by atoms with Gasteiger partial charge in [0.1, 0.15) is 11.5 Å². The molecule has 94 valence electrons. The van der Waals surface area contributed by atoms with Crippen molar-refractivity contribution in [3.63, 3.8) is 0 Å². The summed E-state index contributed by atoms with van der Waals surface area (Å²) in [5.41, 5.74) is 0.723. The minimum absolute atomic E-state index is 0.0592. The molecule has 4 heteroatoms. The maximum atomic E-state index is 9.75. The van der Waals surface area contributed by atoms with E-state index in [1.165, 1.54) is 0 Å². The first kappa shape index (κ1) is 12.2. The summed E-state index contributed by atoms with van der Waals surface area (Å²) in [6.07, 6.45) is 4.26. The van der Waals surface area contributed by atoms with Gasteiger partial charge in [0, 0.05) is 11.0 Å². The minimum Gasteiger partial charge on any atom is -0.495 e. The molecule has 1 aliphatic carbocycles. The van der Waals surface area contributed by atoms with E-state index in [-0.39, 0.29) is 17.4 Å². The monoisotopic (exact) mass is 237 g/mol. The highest BCUT2D eigenvalue weighted by Crippen LogP contribution is 2.67. The molecule has 1 unspecified atom stereocenters. The number of hydrogen-bond acceptors (Lipinski definition) is 4. The first-order chi connectivity index (χ1) is 8.02. The van der Waals surface area contributed by atoms with Crippen molar-refractivity contribution in [3.8, 4) is 11.5 Å². The number of ether oxygens (including phenoxy) is 2. The number of aromatic nitrogens is 1. The van der Waals surface area contributed by atoms with Crippen LogP contribution in [0.3, 0.4) is 0 Å². The van der Waals surface area contributed by atoms with Crippen molar-refractivity contribution in [2.75, 3.05) is 20.8 Å². The van der Waals surface area contributed by atoms with Crippen LogP contribution in [0.5, 0.6) is 11.5 Å². The van der Waals surface area contributed by atoms with Crippen LogP contribution < -0.4 is 9.47 Å². The molecule has 1 saturated carbocycles. The van der Waals surface area contributed by atoms with E-state index in [1.54, 1.807) is 26.6 Å². The Morgan fingerprint density at radius 3 is 2.00 bits per heavy atom. The fourth-order valence-corrected chi connectivity index (χ4v) is 2.69. The van der Waals surface area contributed by atoms with Gasteiger partial charge in [-0.1, -0.05) is 13.8 Å². The first-order valence-electron chi connectivity index (χ1n) is 5.70. The topological polar surface area (TPSA) is 51.6 Å². The Labute approximate surface area is 102 Å². The van der Waals surface area contributed by atoms with Crippen molar-refractivity contribution >= 4 is 0 Å². The van der Waals surface area contributed by atoms with Crippen LogP contribution in [0.15, 0.2) is 12.4 Å². The zero-order valence-corrected chi connectivity index (χ0v) is 10.8. The lowest BCUT2D eigenvalue weighted by molar-refractivity contribution is 0.223. The van der Waals surface area contributed by atoms with Crippen LogP contribution in [0.2, 0.25) is 0 Å². The van der Waals surface area contributed by atoms with Crippen molar-refractivity contribution in [1.29, 1.82) is 0 Å². The predicted octanol–water partition coefficient (Wildman–Crippen LogP) is 1.76. The molecule has 2 rings (SSSR count). The number of aliphatic hydroxyl groups is 1. The normalized spacial score (nSPS) is 25.5. The molecule has 1 N–H and O–H groups in total. The highest BCUT2D eigenvalue weighted by atomic mass is 16.5. The number of aliphatic hydroxyl groups excluding tert-OH is 1. The second kappa shape index (κ2) is 3.88. The summed E-state index contributed by atoms with van der Waals surface area (Å²) in [5, 5.41) is 9.75. The molecule has 0 radical (unpaired) electrons. The largest absolute Gasteiger partial charge is 0.495 e. The third kappa shape index (κ3) is 1.59. The van der Waals surface area contributed by atoms with Gasteiger partial charge in [0.25, 0.3) is 0 Å². The van der Waals surface area contributed by atoms with Gasteiger partial charge in [-0.25, -0.2) is 0 Å². The summed E-state index contributed by atoms with van der Waals surface area (Å²) < 4.78 is 10.7. The molecule has 1 atom stereocenters. The Balaban J connectivity index is 2.58. The van der Waals surface area contributed by atoms with E-state index in [4.69, 9.17) is 9.47 Å². The van der Waals surface area contributed by atoms with Gasteiger partial charge in [0.15, 0.2) is 0 Å². The van der Waals surface area contributed by atoms with E-state index in [0.29, 0.717) is 11.5 Å². The van der Waals surface area contributed by atoms with Gasteiger partial charge >= 0.3 is 0 Å². The smallest absolute Gasteiger partial charge is 0.144 e. The molecule has 0 amide bonds. The summed E-state index contributed by atoms with van der Waals surface area (Å²) in [6, 6.07) is 0. The average molecular weight is 237 g/mol. The molecule has 4 nitrogen and oxygen atoms in total. The van der Waals surface area contributed by atoms with Crippen molar-refractivity contribution in [2.45, 2.75) is 25.7 Å². The maximum absolute atomic E-state index is 9.75. The van der Waals surface area contributed by atoms with E-state index >= 15 is 0 Å². The summed E-state index contributed by atoms with van der Waals surface area (Å²) >= 11 is 0. The lowest BCUT2D eigenvalue weighted by Gasteiger charge is -2.23. The molecule has 0 aliphatic heterocycles. The lowest BCUT2D eigenvalue weighted by atomic mass is 9.88. The lowest BCUT2D eigenvalue weighted by Crippen LogP contribution is -2.21. The van der Waals surface area contributed by atoms with Crippen LogP contribution in [-0.4, -0.2) is 30.9 Å². The molecule has 0 bridgehead atoms. The van der Waals surface area contributed by atoms with Crippen molar-refractivity contribution in [1.82, 2.24) is 4.98 Å². The summed E-state index contributed by atoms with van der Waals surface area (Å²) in [6.45, 7) is 4.38. The molecule has 1 aromatic heterocycles. The van der Waals surface area contributed by atoms with E-state index in [2.05, 4.69) is 18.8 Å². The maximum Gasteiger partial charge on any atom is 0.144 e. The van der Waals surface area contributed by atoms with Gasteiger partial charge in [0.2, 0.25) is 0 Å². The van der Waals surface area contributed by atoms with Crippen molar-refractivity contribution < 1.29 is 14.6 Å². The van der Waals surface area contributed by atoms with Gasteiger partial charge < -0.3 is 14.6 Å². The van der Waals surface area contributed by atoms with Gasteiger partial charge in [-0.15, -0.1) is 0 Å². The number of nitrogens with zero attached hydrogens (tertiary/aromatic N) is 1. The van der Waals surface area contributed by atoms with Crippen LogP contribution >= 0.6 is 0 Å². The molecule has 17 heavy (non-hydrogen) atoms. The summed E-state index contributed by atoms with van der Waals surface area (Å²) in [7, 11) is 3.22. The Morgan fingerprint density at radius 2 is 1.71 bits per heavy atom. The molecular weight excluding hydrogens is 218 g/mol. The standard InChI is InChI=1S/C13H19NO3/c1-12(2)7-13(12,8-15)11-9(16-3)5-14-6-10(11)17-4/h5-6,15H,7-8H2,1-4H3. The summed E-state index contributed by atoms with van der Waals surface area (Å²) in [5.74, 6) is 1.37. The minimum atomic E-state index is -0.271. The zero-order chi connectivity index (χ0) is 12.7. The van der Waals surface area contributed by atoms with Gasteiger partial charge in [0.05, 0.1) is 33.2 Å². The van der Waals surface area contributed by atoms with Crippen LogP contribution in [0.1, 0.15) is 25.8 Å². The van der Waals surface area contributed by atoms with E-state index < -0.39 is 0 Å². The van der Waals surface area contributed by atoms with Crippen molar-refractivity contribution in [2.24, 2.45) is 5.41 Å². The van der Waals surface area contributed by atoms with Crippen LogP contribution in [-0.2, 0) is 5.41 Å². The Morgan fingerprint density at radius 1 is 1.24 bits per heavy atom. The van der Waals surface area contributed by atoms with Crippen molar-refractivity contribution in [3.05, 3.63) is 18.0 Å². The van der Waals surface area contributed by atoms with Crippen LogP contribution in [0.4, 0.5) is 0 Å². The van der Waals surface area contributed by atoms with Gasteiger partial charge in [-0.05, 0) is 11.8 Å². The molecule has 1 aromatic rings. The predicted molar refractivity (Wildman–Crippen MR) is 64.5 cm³/mol. The second-order valence-corrected chi connectivity index (χ2v) is 5.22. The first-order valence-corrected chi connectivity index (χ1v) is 5.70. The average Bonchev–Trinajstić information content (AvgIpc) is 2.91. The Kier molecular flexibility index (Phi) is 2.78. The Hall–Kier alpha value is -1.29. The Bertz CT molecular complexity index is 408. The molecule has 1 fully saturated rings. The molecule has 1 heterocycles. The fourth-order valence-electron chi connectivity index (χ4n) is 2.69. The number of pyridine rings is 1.